The fraction of sp³-hybridized carbons (Fsp3) is 0. The summed E-state index contributed by atoms with van der Waals surface area (Å²) in [6.07, 6.45) is 5.24. The Balaban J connectivity index is 1.50. The molecule has 0 aliphatic heterocycles. The molecular formula is C24H16N3O2S-. The Bertz CT molecular complexity index is 1330. The monoisotopic (exact) mass is 410 g/mol. The summed E-state index contributed by atoms with van der Waals surface area (Å²) in [7, 11) is 0. The molecule has 0 atom stereocenters. The number of ketones is 1. The molecule has 0 saturated heterocycles. The molecule has 0 bridgehead atoms. The van der Waals surface area contributed by atoms with Crippen LogP contribution in [-0.2, 0) is 0 Å². The molecule has 6 heteroatoms. The molecule has 0 spiro atoms. The predicted octanol–water partition coefficient (Wildman–Crippen LogP) is 4.35. The topological polar surface area (TPSA) is 67.0 Å². The number of aliphatic hydroxyl groups excluding tert-OH is 1. The lowest BCUT2D eigenvalue weighted by atomic mass is 10.0. The Morgan fingerprint density at radius 1 is 1.03 bits per heavy atom. The summed E-state index contributed by atoms with van der Waals surface area (Å²) in [4.78, 5) is 21.5. The van der Waals surface area contributed by atoms with E-state index in [-0.39, 0.29) is 12.0 Å². The molecule has 1 N–H and O–H groups in total. The number of aromatic nitrogens is 3. The number of hydrogen-bond acceptors (Lipinski definition) is 4. The molecule has 0 unspecified atom stereocenters. The molecule has 146 valence electrons. The van der Waals surface area contributed by atoms with Crippen molar-refractivity contribution < 1.29 is 14.5 Å². The Morgan fingerprint density at radius 3 is 2.70 bits per heavy atom. The van der Waals surface area contributed by atoms with Crippen LogP contribution < -0.4 is 4.57 Å². The maximum absolute atomic E-state index is 12.8. The van der Waals surface area contributed by atoms with Crippen LogP contribution in [0, 0.1) is 6.23 Å². The van der Waals surface area contributed by atoms with Crippen molar-refractivity contribution >= 4 is 28.0 Å². The molecule has 5 rings (SSSR count). The molecule has 3 heterocycles. The minimum atomic E-state index is -0.0581. The van der Waals surface area contributed by atoms with Gasteiger partial charge in [0.2, 0.25) is 5.01 Å². The second-order valence-corrected chi connectivity index (χ2v) is 7.62. The molecule has 2 aromatic carbocycles. The van der Waals surface area contributed by atoms with Crippen molar-refractivity contribution in [3.8, 4) is 10.6 Å². The van der Waals surface area contributed by atoms with Gasteiger partial charge in [-0.1, -0.05) is 66.0 Å². The molecule has 0 radical (unpaired) electrons. The Morgan fingerprint density at radius 2 is 1.90 bits per heavy atom. The first kappa shape index (κ1) is 18.3. The van der Waals surface area contributed by atoms with Crippen LogP contribution in [-0.4, -0.2) is 20.9 Å². The normalized spacial score (nSPS) is 11.0. The van der Waals surface area contributed by atoms with Gasteiger partial charge in [0.25, 0.3) is 0 Å². The Kier molecular flexibility index (Phi) is 4.63. The van der Waals surface area contributed by atoms with E-state index >= 15 is 0 Å². The van der Waals surface area contributed by atoms with E-state index in [1.807, 2.05) is 53.9 Å². The van der Waals surface area contributed by atoms with Crippen molar-refractivity contribution in [3.63, 3.8) is 0 Å². The standard InChI is InChI=1S/C24H16N3O2S/c28-22(17-5-2-1-3-6-17)18-9-8-16-10-12-27(21(16)13-18)24(29)20-15-30-23(26-20)19-7-4-11-25-14-19/h1-15,29H/q-1. The fourth-order valence-corrected chi connectivity index (χ4v) is 4.12. The summed E-state index contributed by atoms with van der Waals surface area (Å²) >= 11 is 1.44. The minimum Gasteiger partial charge on any atom is -0.404 e. The third-order valence-electron chi connectivity index (χ3n) is 4.86. The fourth-order valence-electron chi connectivity index (χ4n) is 3.33. The lowest BCUT2D eigenvalue weighted by molar-refractivity contribution is -0.652. The maximum atomic E-state index is 12.8. The van der Waals surface area contributed by atoms with Gasteiger partial charge >= 0.3 is 0 Å². The zero-order valence-corrected chi connectivity index (χ0v) is 16.6. The van der Waals surface area contributed by atoms with E-state index in [4.69, 9.17) is 0 Å². The first-order chi connectivity index (χ1) is 14.7. The summed E-state index contributed by atoms with van der Waals surface area (Å²) in [5.41, 5.74) is 3.30. The molecule has 0 saturated carbocycles. The number of fused-ring (bicyclic) bond motifs is 1. The van der Waals surface area contributed by atoms with Crippen molar-refractivity contribution in [2.45, 2.75) is 0 Å². The van der Waals surface area contributed by atoms with Gasteiger partial charge in [-0.3, -0.25) is 9.78 Å². The van der Waals surface area contributed by atoms with E-state index in [0.29, 0.717) is 16.8 Å². The van der Waals surface area contributed by atoms with Crippen LogP contribution in [0.5, 0.6) is 0 Å². The van der Waals surface area contributed by atoms with E-state index in [1.54, 1.807) is 41.4 Å². The molecule has 0 fully saturated rings. The van der Waals surface area contributed by atoms with Crippen LogP contribution in [0.25, 0.3) is 21.5 Å². The highest BCUT2D eigenvalue weighted by atomic mass is 32.1. The van der Waals surface area contributed by atoms with E-state index in [0.717, 1.165) is 21.5 Å². The summed E-state index contributed by atoms with van der Waals surface area (Å²) in [5.74, 6) is -0.0581. The van der Waals surface area contributed by atoms with Crippen LogP contribution in [0.1, 0.15) is 21.6 Å². The number of hydrogen-bond donors (Lipinski definition) is 1. The van der Waals surface area contributed by atoms with Crippen LogP contribution in [0.15, 0.2) is 90.7 Å². The smallest absolute Gasteiger partial charge is 0.249 e. The second kappa shape index (κ2) is 7.59. The highest BCUT2D eigenvalue weighted by molar-refractivity contribution is 7.13. The number of pyridine rings is 1. The average molecular weight is 410 g/mol. The molecule has 0 aliphatic carbocycles. The van der Waals surface area contributed by atoms with Gasteiger partial charge in [-0.25, -0.2) is 0 Å². The van der Waals surface area contributed by atoms with Gasteiger partial charge in [0.05, 0.1) is 5.52 Å². The number of benzene rings is 2. The minimum absolute atomic E-state index is 0.0145. The lowest BCUT2D eigenvalue weighted by Crippen LogP contribution is -2.39. The van der Waals surface area contributed by atoms with E-state index in [2.05, 4.69) is 9.97 Å². The first-order valence-corrected chi connectivity index (χ1v) is 10.2. The van der Waals surface area contributed by atoms with Gasteiger partial charge < -0.3 is 14.7 Å². The van der Waals surface area contributed by atoms with Crippen molar-refractivity contribution in [2.24, 2.45) is 0 Å². The summed E-state index contributed by atoms with van der Waals surface area (Å²) in [6.45, 7) is 0. The SMILES string of the molecule is O=C(c1ccccc1)c1ccc2cc[n+]([C-](O)c3c[s+][c-](-c4cccnc4)n3)[c-]2c1. The van der Waals surface area contributed by atoms with Crippen molar-refractivity contribution in [2.75, 3.05) is 0 Å². The van der Waals surface area contributed by atoms with Crippen molar-refractivity contribution in [3.05, 3.63) is 114 Å². The molecule has 5 nitrogen and oxygen atoms in total. The van der Waals surface area contributed by atoms with Gasteiger partial charge in [-0.05, 0) is 11.8 Å². The van der Waals surface area contributed by atoms with Crippen LogP contribution >= 0.6 is 11.3 Å². The van der Waals surface area contributed by atoms with Gasteiger partial charge in [0.1, 0.15) is 11.6 Å². The highest BCUT2D eigenvalue weighted by Gasteiger charge is 2.17. The molecule has 3 aromatic heterocycles. The third-order valence-corrected chi connectivity index (χ3v) is 5.75. The molecule has 0 amide bonds. The zero-order valence-electron chi connectivity index (χ0n) is 15.8. The van der Waals surface area contributed by atoms with Crippen LogP contribution in [0.3, 0.4) is 0 Å². The summed E-state index contributed by atoms with van der Waals surface area (Å²) < 4.78 is 1.65. The van der Waals surface area contributed by atoms with E-state index in [9.17, 15) is 9.90 Å². The van der Waals surface area contributed by atoms with Gasteiger partial charge in [0.15, 0.2) is 17.1 Å². The van der Waals surface area contributed by atoms with Gasteiger partial charge in [-0.15, -0.1) is 6.07 Å². The Hall–Kier alpha value is -3.74. The molecular weight excluding hydrogens is 394 g/mol. The number of carbonyl (C=O) groups excluding carboxylic acids is 1. The van der Waals surface area contributed by atoms with E-state index < -0.39 is 0 Å². The third kappa shape index (κ3) is 3.28. The van der Waals surface area contributed by atoms with Crippen molar-refractivity contribution in [1.29, 1.82) is 0 Å². The quantitative estimate of drug-likeness (QED) is 0.202. The maximum Gasteiger partial charge on any atom is 0.249 e. The number of rotatable bonds is 5. The number of aliphatic hydroxyl groups is 1. The first-order valence-electron chi connectivity index (χ1n) is 9.34. The lowest BCUT2D eigenvalue weighted by Gasteiger charge is -2.16. The molecule has 5 aromatic rings. The highest BCUT2D eigenvalue weighted by Crippen LogP contribution is 2.25. The average Bonchev–Trinajstić information content (AvgIpc) is 3.46. The number of thiazole rings is 1. The zero-order chi connectivity index (χ0) is 20.5. The van der Waals surface area contributed by atoms with Gasteiger partial charge in [-0.2, -0.15) is 0 Å². The summed E-state index contributed by atoms with van der Waals surface area (Å²) in [5, 5.41) is 14.4. The predicted molar refractivity (Wildman–Crippen MR) is 115 cm³/mol. The molecule has 0 aliphatic rings. The van der Waals surface area contributed by atoms with Crippen molar-refractivity contribution in [1.82, 2.24) is 9.97 Å². The second-order valence-electron chi connectivity index (χ2n) is 6.76. The number of carbonyl (C=O) groups is 1. The summed E-state index contributed by atoms with van der Waals surface area (Å²) in [6, 6.07) is 20.3. The largest absolute Gasteiger partial charge is 0.404 e. The number of nitrogens with zero attached hydrogens (tertiary/aromatic N) is 3. The Labute approximate surface area is 176 Å². The van der Waals surface area contributed by atoms with Crippen LogP contribution in [0.4, 0.5) is 0 Å². The molecule has 30 heavy (non-hydrogen) atoms. The van der Waals surface area contributed by atoms with E-state index in [1.165, 1.54) is 11.3 Å². The van der Waals surface area contributed by atoms with Gasteiger partial charge in [0, 0.05) is 29.2 Å². The van der Waals surface area contributed by atoms with Crippen LogP contribution in [0.2, 0.25) is 0 Å².